The van der Waals surface area contributed by atoms with E-state index in [1.54, 1.807) is 46.4 Å². The van der Waals surface area contributed by atoms with E-state index in [1.807, 2.05) is 20.8 Å². The second-order valence-electron chi connectivity index (χ2n) is 18.4. The van der Waals surface area contributed by atoms with Crippen molar-refractivity contribution >= 4 is 41.6 Å². The maximum absolute atomic E-state index is 12.2. The fraction of sp³-hybridized carbons (Fsp3) is 0.725. The second kappa shape index (κ2) is 15.1. The molecule has 0 aromatic carbocycles. The number of nitrogens with zero attached hydrogens (tertiary/aromatic N) is 3. The zero-order chi connectivity index (χ0) is 41.0. The Bertz CT molecular complexity index is 1410. The molecule has 0 radical (unpaired) electrons. The molecule has 3 heterocycles. The highest BCUT2D eigenvalue weighted by atomic mass is 16.6. The van der Waals surface area contributed by atoms with Gasteiger partial charge in [-0.2, -0.15) is 0 Å². The molecule has 6 bridgehead atoms. The van der Waals surface area contributed by atoms with Gasteiger partial charge in [0, 0.05) is 42.3 Å². The molecule has 6 aliphatic rings. The lowest BCUT2D eigenvalue weighted by molar-refractivity contribution is -0.144. The molecule has 3 aliphatic heterocycles. The SMILES string of the molecule is C=C1C[C@@H]2C[C@H]1[C@@H](C(=O)O)N2C(=O)OC(C)(C)C.C=C1C[C@@H]2C[C@H]1[C@@H](C(C)=O)N2C(=O)OC(C)(C)C.CC(=O)[C@@H]1[C@@H]2C[C@@H](CC2=O)N1C(=O)OC(C)(C)C. The number of carboxylic acid groups (broad SMARTS) is 1. The summed E-state index contributed by atoms with van der Waals surface area (Å²) in [6.45, 7) is 27.0. The minimum atomic E-state index is -0.978. The van der Waals surface area contributed by atoms with E-state index >= 15 is 0 Å². The molecule has 14 nitrogen and oxygen atoms in total. The van der Waals surface area contributed by atoms with Gasteiger partial charge in [0.05, 0.1) is 0 Å². The number of hydrogen-bond donors (Lipinski definition) is 1. The van der Waals surface area contributed by atoms with Crippen molar-refractivity contribution in [2.75, 3.05) is 0 Å². The molecule has 6 rings (SSSR count). The number of ketones is 3. The van der Waals surface area contributed by atoms with Crippen molar-refractivity contribution in [3.05, 3.63) is 24.3 Å². The number of piperidine rings is 3. The van der Waals surface area contributed by atoms with Gasteiger partial charge in [-0.15, -0.1) is 0 Å². The lowest BCUT2D eigenvalue weighted by Crippen LogP contribution is -2.52. The summed E-state index contributed by atoms with van der Waals surface area (Å²) in [5.41, 5.74) is 0.299. The number of likely N-dealkylation sites (tertiary alicyclic amines) is 3. The fourth-order valence-corrected chi connectivity index (χ4v) is 8.78. The van der Waals surface area contributed by atoms with Crippen LogP contribution in [0.15, 0.2) is 24.3 Å². The number of fused-ring (bicyclic) bond motifs is 6. The molecule has 6 fully saturated rings. The van der Waals surface area contributed by atoms with Crippen LogP contribution in [-0.4, -0.2) is 114 Å². The van der Waals surface area contributed by atoms with Crippen LogP contribution < -0.4 is 0 Å². The second-order valence-corrected chi connectivity index (χ2v) is 18.4. The van der Waals surface area contributed by atoms with E-state index in [2.05, 4.69) is 13.2 Å². The Balaban J connectivity index is 0.000000180. The van der Waals surface area contributed by atoms with Crippen LogP contribution in [0, 0.1) is 17.8 Å². The normalized spacial score (nSPS) is 30.8. The van der Waals surface area contributed by atoms with Gasteiger partial charge in [-0.1, -0.05) is 24.3 Å². The average molecular weight is 758 g/mol. The van der Waals surface area contributed by atoms with E-state index in [0.717, 1.165) is 24.0 Å². The van der Waals surface area contributed by atoms with Crippen molar-refractivity contribution in [2.24, 2.45) is 17.8 Å². The Labute approximate surface area is 318 Å². The van der Waals surface area contributed by atoms with Crippen molar-refractivity contribution in [2.45, 2.75) is 168 Å². The third-order valence-corrected chi connectivity index (χ3v) is 10.6. The number of carbonyl (C=O) groups is 7. The molecule has 300 valence electrons. The van der Waals surface area contributed by atoms with Crippen molar-refractivity contribution in [1.29, 1.82) is 0 Å². The van der Waals surface area contributed by atoms with Crippen LogP contribution in [0.1, 0.15) is 115 Å². The molecule has 3 saturated heterocycles. The molecule has 9 atom stereocenters. The molecule has 0 unspecified atom stereocenters. The topological polar surface area (TPSA) is 177 Å². The number of ether oxygens (including phenoxy) is 3. The molecule has 3 saturated carbocycles. The smallest absolute Gasteiger partial charge is 0.411 e. The Hall–Kier alpha value is -4.23. The van der Waals surface area contributed by atoms with Gasteiger partial charge in [0.1, 0.15) is 40.7 Å². The third-order valence-electron chi connectivity index (χ3n) is 10.6. The summed E-state index contributed by atoms with van der Waals surface area (Å²) < 4.78 is 16.0. The number of carboxylic acids is 1. The van der Waals surface area contributed by atoms with E-state index in [9.17, 15) is 38.7 Å². The van der Waals surface area contributed by atoms with Crippen molar-refractivity contribution in [3.8, 4) is 0 Å². The summed E-state index contributed by atoms with van der Waals surface area (Å²) in [7, 11) is 0. The molecular formula is C40H59N3O11. The molecule has 14 heteroatoms. The van der Waals surface area contributed by atoms with Gasteiger partial charge < -0.3 is 19.3 Å². The van der Waals surface area contributed by atoms with E-state index in [4.69, 9.17) is 14.2 Å². The molecule has 54 heavy (non-hydrogen) atoms. The largest absolute Gasteiger partial charge is 0.480 e. The standard InChI is InChI=1S/C14H21NO3.2C13H19NO4/c1-8-6-10-7-11(8)12(9(2)16)15(10)13(17)18-14(3,4)5;1-7(15)11-9-5-8(6-10(9)16)14(11)12(17)18-13(2,3)4;1-7-5-8-6-9(7)10(11(15)16)14(8)12(17)18-13(2,3)4/h10-12H,1,6-7H2,2-5H3;8-9,11H,5-6H2,1-4H3;8-10H,1,5-6H2,2-4H3,(H,15,16)/t10-,11-,12-;8-,9+,11+;8-,9-,10+/m101/s1. The third kappa shape index (κ3) is 9.17. The van der Waals surface area contributed by atoms with E-state index in [0.29, 0.717) is 25.7 Å². The van der Waals surface area contributed by atoms with Crippen LogP contribution in [0.25, 0.3) is 0 Å². The number of Topliss-reactive ketones (excluding diaryl/α,β-unsaturated/α-hetero) is 3. The summed E-state index contributed by atoms with van der Waals surface area (Å²) in [6, 6.07) is -1.95. The number of carbonyl (C=O) groups excluding carboxylic acids is 6. The molecule has 0 spiro atoms. The van der Waals surface area contributed by atoms with Gasteiger partial charge in [0.15, 0.2) is 11.6 Å². The van der Waals surface area contributed by atoms with Gasteiger partial charge >= 0.3 is 24.2 Å². The first-order chi connectivity index (χ1) is 24.6. The molecule has 0 aromatic heterocycles. The number of rotatable bonds is 3. The summed E-state index contributed by atoms with van der Waals surface area (Å²) >= 11 is 0. The summed E-state index contributed by atoms with van der Waals surface area (Å²) in [6.07, 6.45) is 2.59. The summed E-state index contributed by atoms with van der Waals surface area (Å²) in [4.78, 5) is 87.3. The molecular weight excluding hydrogens is 698 g/mol. The lowest BCUT2D eigenvalue weighted by atomic mass is 9.92. The van der Waals surface area contributed by atoms with Crippen LogP contribution >= 0.6 is 0 Å². The predicted molar refractivity (Wildman–Crippen MR) is 197 cm³/mol. The van der Waals surface area contributed by atoms with Gasteiger partial charge in [0.2, 0.25) is 0 Å². The fourth-order valence-electron chi connectivity index (χ4n) is 8.78. The minimum absolute atomic E-state index is 0.0224. The Morgan fingerprint density at radius 3 is 1.19 bits per heavy atom. The summed E-state index contributed by atoms with van der Waals surface area (Å²) in [5.74, 6) is -1.31. The highest BCUT2D eigenvalue weighted by molar-refractivity contribution is 5.97. The number of hydrogen-bond acceptors (Lipinski definition) is 10. The summed E-state index contributed by atoms with van der Waals surface area (Å²) in [5, 5.41) is 9.28. The molecule has 3 aliphatic carbocycles. The van der Waals surface area contributed by atoms with E-state index in [1.165, 1.54) is 23.6 Å². The van der Waals surface area contributed by atoms with Crippen molar-refractivity contribution in [1.82, 2.24) is 14.7 Å². The van der Waals surface area contributed by atoms with Crippen LogP contribution in [0.2, 0.25) is 0 Å². The zero-order valence-corrected chi connectivity index (χ0v) is 33.7. The van der Waals surface area contributed by atoms with Crippen molar-refractivity contribution < 1.29 is 52.9 Å². The van der Waals surface area contributed by atoms with Gasteiger partial charge in [-0.05, 0) is 108 Å². The molecule has 1 N–H and O–H groups in total. The van der Waals surface area contributed by atoms with Gasteiger partial charge in [-0.3, -0.25) is 29.1 Å². The van der Waals surface area contributed by atoms with E-state index < -0.39 is 47.0 Å². The number of aliphatic carboxylic acids is 1. The Morgan fingerprint density at radius 1 is 0.556 bits per heavy atom. The monoisotopic (exact) mass is 757 g/mol. The van der Waals surface area contributed by atoms with E-state index in [-0.39, 0.29) is 65.4 Å². The number of amides is 3. The van der Waals surface area contributed by atoms with Crippen LogP contribution in [0.4, 0.5) is 14.4 Å². The maximum atomic E-state index is 12.2. The predicted octanol–water partition coefficient (Wildman–Crippen LogP) is 6.10. The maximum Gasteiger partial charge on any atom is 0.411 e. The first-order valence-electron chi connectivity index (χ1n) is 18.8. The quantitative estimate of drug-likeness (QED) is 0.260. The van der Waals surface area contributed by atoms with Crippen LogP contribution in [-0.2, 0) is 33.4 Å². The van der Waals surface area contributed by atoms with Gasteiger partial charge in [0.25, 0.3) is 0 Å². The van der Waals surface area contributed by atoms with Crippen molar-refractivity contribution in [3.63, 3.8) is 0 Å². The first kappa shape index (κ1) is 42.5. The Morgan fingerprint density at radius 2 is 0.852 bits per heavy atom. The molecule has 0 aromatic rings. The average Bonchev–Trinajstić information content (AvgIpc) is 3.81. The lowest BCUT2D eigenvalue weighted by Gasteiger charge is -2.35. The van der Waals surface area contributed by atoms with Crippen LogP contribution in [0.3, 0.4) is 0 Å². The molecule has 3 amide bonds. The highest BCUT2D eigenvalue weighted by Gasteiger charge is 2.57. The Kier molecular flexibility index (Phi) is 11.9. The first-order valence-corrected chi connectivity index (χ1v) is 18.8. The van der Waals surface area contributed by atoms with Gasteiger partial charge in [-0.25, -0.2) is 19.2 Å². The zero-order valence-electron chi connectivity index (χ0n) is 33.7. The minimum Gasteiger partial charge on any atom is -0.480 e. The highest BCUT2D eigenvalue weighted by Crippen LogP contribution is 2.47. The van der Waals surface area contributed by atoms with Crippen LogP contribution in [0.5, 0.6) is 0 Å².